The van der Waals surface area contributed by atoms with Gasteiger partial charge in [0.15, 0.2) is 11.0 Å². The number of primary amides is 1. The number of amides is 2. The Morgan fingerprint density at radius 1 is 1.13 bits per heavy atom. The van der Waals surface area contributed by atoms with Crippen molar-refractivity contribution in [3.05, 3.63) is 29.3 Å². The summed E-state index contributed by atoms with van der Waals surface area (Å²) in [5.41, 5.74) is 6.30. The van der Waals surface area contributed by atoms with Crippen molar-refractivity contribution in [2.45, 2.75) is 49.7 Å². The molecule has 4 rings (SSSR count). The first-order valence-corrected chi connectivity index (χ1v) is 11.8. The van der Waals surface area contributed by atoms with Gasteiger partial charge in [0.1, 0.15) is 0 Å². The smallest absolute Gasteiger partial charge is 0.233 e. The molecule has 1 aromatic heterocycles. The van der Waals surface area contributed by atoms with Gasteiger partial charge in [0.25, 0.3) is 0 Å². The first-order chi connectivity index (χ1) is 14.5. The molecule has 1 atom stereocenters. The zero-order valence-corrected chi connectivity index (χ0v) is 18.4. The average molecular weight is 448 g/mol. The SMILES string of the molecule is NC(=O)C1CCCN(C(=O)CSc2nnc(-c3ccccc3Cl)n2C2CCCC2)C1. The van der Waals surface area contributed by atoms with Crippen LogP contribution in [0.5, 0.6) is 0 Å². The average Bonchev–Trinajstić information content (AvgIpc) is 3.42. The van der Waals surface area contributed by atoms with Gasteiger partial charge in [-0.05, 0) is 37.8 Å². The van der Waals surface area contributed by atoms with E-state index in [2.05, 4.69) is 14.8 Å². The predicted molar refractivity (Wildman–Crippen MR) is 117 cm³/mol. The third kappa shape index (κ3) is 4.49. The number of hydrogen-bond acceptors (Lipinski definition) is 5. The molecular formula is C21H26ClN5O2S. The van der Waals surface area contributed by atoms with Gasteiger partial charge >= 0.3 is 0 Å². The maximum absolute atomic E-state index is 12.8. The van der Waals surface area contributed by atoms with Crippen molar-refractivity contribution in [2.75, 3.05) is 18.8 Å². The van der Waals surface area contributed by atoms with E-state index >= 15 is 0 Å². The molecule has 2 fully saturated rings. The first kappa shape index (κ1) is 21.2. The number of piperidine rings is 1. The molecule has 9 heteroatoms. The molecule has 0 radical (unpaired) electrons. The predicted octanol–water partition coefficient (Wildman–Crippen LogP) is 3.53. The molecular weight excluding hydrogens is 422 g/mol. The number of carbonyl (C=O) groups is 2. The number of nitrogens with two attached hydrogens (primary N) is 1. The van der Waals surface area contributed by atoms with Gasteiger partial charge in [-0.1, -0.05) is 48.3 Å². The van der Waals surface area contributed by atoms with Gasteiger partial charge in [-0.3, -0.25) is 14.2 Å². The van der Waals surface area contributed by atoms with Crippen LogP contribution in [-0.2, 0) is 9.59 Å². The van der Waals surface area contributed by atoms with Crippen LogP contribution in [0.1, 0.15) is 44.6 Å². The minimum atomic E-state index is -0.328. The lowest BCUT2D eigenvalue weighted by molar-refractivity contribution is -0.132. The summed E-state index contributed by atoms with van der Waals surface area (Å²) in [6, 6.07) is 7.96. The van der Waals surface area contributed by atoms with Crippen molar-refractivity contribution in [2.24, 2.45) is 11.7 Å². The highest BCUT2D eigenvalue weighted by molar-refractivity contribution is 7.99. The largest absolute Gasteiger partial charge is 0.369 e. The van der Waals surface area contributed by atoms with Crippen molar-refractivity contribution in [1.82, 2.24) is 19.7 Å². The molecule has 1 unspecified atom stereocenters. The third-order valence-corrected chi connectivity index (χ3v) is 7.23. The van der Waals surface area contributed by atoms with E-state index in [4.69, 9.17) is 17.3 Å². The molecule has 1 aromatic carbocycles. The van der Waals surface area contributed by atoms with Crippen LogP contribution >= 0.6 is 23.4 Å². The Hall–Kier alpha value is -2.06. The van der Waals surface area contributed by atoms with Gasteiger partial charge in [0.2, 0.25) is 11.8 Å². The monoisotopic (exact) mass is 447 g/mol. The Morgan fingerprint density at radius 3 is 2.63 bits per heavy atom. The molecule has 1 saturated heterocycles. The number of nitrogens with zero attached hydrogens (tertiary/aromatic N) is 4. The van der Waals surface area contributed by atoms with Crippen LogP contribution in [0.25, 0.3) is 11.4 Å². The molecule has 1 saturated carbocycles. The number of benzene rings is 1. The van der Waals surface area contributed by atoms with Crippen LogP contribution in [0.2, 0.25) is 5.02 Å². The maximum Gasteiger partial charge on any atom is 0.233 e. The summed E-state index contributed by atoms with van der Waals surface area (Å²) in [5.74, 6) is 0.450. The Labute approximate surface area is 185 Å². The van der Waals surface area contributed by atoms with E-state index in [1.54, 1.807) is 4.90 Å². The fourth-order valence-corrected chi connectivity index (χ4v) is 5.48. The zero-order valence-electron chi connectivity index (χ0n) is 16.8. The molecule has 2 amide bonds. The Morgan fingerprint density at radius 2 is 1.90 bits per heavy atom. The maximum atomic E-state index is 12.8. The van der Waals surface area contributed by atoms with Gasteiger partial charge in [-0.2, -0.15) is 0 Å². The summed E-state index contributed by atoms with van der Waals surface area (Å²) in [7, 11) is 0. The summed E-state index contributed by atoms with van der Waals surface area (Å²) in [5, 5.41) is 10.2. The normalized spacial score (nSPS) is 19.9. The second-order valence-corrected chi connectivity index (χ2v) is 9.31. The van der Waals surface area contributed by atoms with E-state index in [9.17, 15) is 9.59 Å². The van der Waals surface area contributed by atoms with Crippen LogP contribution in [0.3, 0.4) is 0 Å². The fourth-order valence-electron chi connectivity index (χ4n) is 4.35. The van der Waals surface area contributed by atoms with Gasteiger partial charge in [-0.25, -0.2) is 0 Å². The topological polar surface area (TPSA) is 94.1 Å². The van der Waals surface area contributed by atoms with Crippen molar-refractivity contribution < 1.29 is 9.59 Å². The molecule has 0 bridgehead atoms. The number of carbonyl (C=O) groups excluding carboxylic acids is 2. The van der Waals surface area contributed by atoms with Gasteiger partial charge < -0.3 is 10.6 Å². The van der Waals surface area contributed by atoms with E-state index in [1.165, 1.54) is 24.6 Å². The van der Waals surface area contributed by atoms with Gasteiger partial charge in [0.05, 0.1) is 16.7 Å². The van der Waals surface area contributed by atoms with Crippen LogP contribution in [0.15, 0.2) is 29.4 Å². The molecule has 2 aromatic rings. The van der Waals surface area contributed by atoms with E-state index in [-0.39, 0.29) is 23.5 Å². The summed E-state index contributed by atoms with van der Waals surface area (Å²) in [6.45, 7) is 1.08. The molecule has 1 aliphatic carbocycles. The molecule has 1 aliphatic heterocycles. The standard InChI is InChI=1S/C21H26ClN5O2S/c22-17-10-4-3-9-16(17)20-24-25-21(27(20)15-7-1-2-8-15)30-13-18(28)26-11-5-6-14(12-26)19(23)29/h3-4,9-10,14-15H,1-2,5-8,11-13H2,(H2,23,29). The van der Waals surface area contributed by atoms with Gasteiger partial charge in [-0.15, -0.1) is 10.2 Å². The van der Waals surface area contributed by atoms with Crippen molar-refractivity contribution in [3.8, 4) is 11.4 Å². The lowest BCUT2D eigenvalue weighted by Crippen LogP contribution is -2.44. The summed E-state index contributed by atoms with van der Waals surface area (Å²) < 4.78 is 2.16. The van der Waals surface area contributed by atoms with E-state index in [1.807, 2.05) is 24.3 Å². The zero-order chi connectivity index (χ0) is 21.1. The highest BCUT2D eigenvalue weighted by Gasteiger charge is 2.29. The van der Waals surface area contributed by atoms with Crippen molar-refractivity contribution in [3.63, 3.8) is 0 Å². The van der Waals surface area contributed by atoms with Gasteiger partial charge in [0, 0.05) is 24.7 Å². The van der Waals surface area contributed by atoms with Crippen LogP contribution in [0, 0.1) is 5.92 Å². The second-order valence-electron chi connectivity index (χ2n) is 7.96. The highest BCUT2D eigenvalue weighted by Crippen LogP contribution is 2.38. The summed E-state index contributed by atoms with van der Waals surface area (Å²) in [4.78, 5) is 26.0. The second kappa shape index (κ2) is 9.39. The van der Waals surface area contributed by atoms with E-state index < -0.39 is 0 Å². The molecule has 2 N–H and O–H groups in total. The molecule has 2 heterocycles. The Bertz CT molecular complexity index is 928. The molecule has 160 valence electrons. The van der Waals surface area contributed by atoms with E-state index in [0.29, 0.717) is 24.2 Å². The van der Waals surface area contributed by atoms with Crippen molar-refractivity contribution >= 4 is 35.2 Å². The molecule has 2 aliphatic rings. The summed E-state index contributed by atoms with van der Waals surface area (Å²) >= 11 is 7.83. The molecule has 7 nitrogen and oxygen atoms in total. The summed E-state index contributed by atoms with van der Waals surface area (Å²) in [6.07, 6.45) is 6.06. The quantitative estimate of drug-likeness (QED) is 0.683. The highest BCUT2D eigenvalue weighted by atomic mass is 35.5. The number of aromatic nitrogens is 3. The van der Waals surface area contributed by atoms with Crippen LogP contribution in [0.4, 0.5) is 0 Å². The fraction of sp³-hybridized carbons (Fsp3) is 0.524. The third-order valence-electron chi connectivity index (χ3n) is 5.97. The van der Waals surface area contributed by atoms with Crippen LogP contribution < -0.4 is 5.73 Å². The van der Waals surface area contributed by atoms with Crippen LogP contribution in [-0.4, -0.2) is 50.3 Å². The van der Waals surface area contributed by atoms with E-state index in [0.717, 1.165) is 42.2 Å². The number of thioether (sulfide) groups is 1. The molecule has 30 heavy (non-hydrogen) atoms. The number of likely N-dealkylation sites (tertiary alicyclic amines) is 1. The number of halogens is 1. The minimum absolute atomic E-state index is 0.00576. The Kier molecular flexibility index (Phi) is 6.63. The first-order valence-electron chi connectivity index (χ1n) is 10.4. The lowest BCUT2D eigenvalue weighted by atomic mass is 9.97. The Balaban J connectivity index is 1.52. The van der Waals surface area contributed by atoms with Crippen molar-refractivity contribution in [1.29, 1.82) is 0 Å². The number of rotatable bonds is 6. The number of hydrogen-bond donors (Lipinski definition) is 1. The lowest BCUT2D eigenvalue weighted by Gasteiger charge is -2.31. The minimum Gasteiger partial charge on any atom is -0.369 e. The molecule has 0 spiro atoms.